The highest BCUT2D eigenvalue weighted by molar-refractivity contribution is 7.92. The van der Waals surface area contributed by atoms with Gasteiger partial charge in [0.05, 0.1) is 10.6 Å². The lowest BCUT2D eigenvalue weighted by atomic mass is 10.1. The minimum Gasteiger partial charge on any atom is -0.373 e. The normalized spacial score (nSPS) is 11.1. The van der Waals surface area contributed by atoms with Crippen molar-refractivity contribution in [3.63, 3.8) is 0 Å². The van der Waals surface area contributed by atoms with Gasteiger partial charge in [0.1, 0.15) is 6.54 Å². The molecule has 1 N–H and O–H groups in total. The zero-order valence-corrected chi connectivity index (χ0v) is 19.5. The SMILES string of the molecule is Cc1ccc(N(CC(=O)NCCN(C)c2ccccc2)S(=O)(=O)c2ccccc2)c(C)c1. The number of likely N-dealkylation sites (N-methyl/N-ethyl adjacent to an activating group) is 1. The van der Waals surface area contributed by atoms with Crippen LogP contribution in [0, 0.1) is 13.8 Å². The van der Waals surface area contributed by atoms with E-state index in [1.54, 1.807) is 36.4 Å². The molecule has 0 fully saturated rings. The fourth-order valence-electron chi connectivity index (χ4n) is 3.47. The summed E-state index contributed by atoms with van der Waals surface area (Å²) in [6.07, 6.45) is 0. The van der Waals surface area contributed by atoms with Crippen LogP contribution in [-0.4, -0.2) is 41.0 Å². The van der Waals surface area contributed by atoms with Gasteiger partial charge in [-0.2, -0.15) is 0 Å². The highest BCUT2D eigenvalue weighted by Gasteiger charge is 2.28. The first kappa shape index (κ1) is 23.3. The van der Waals surface area contributed by atoms with Crippen molar-refractivity contribution in [2.75, 3.05) is 35.9 Å². The van der Waals surface area contributed by atoms with E-state index in [-0.39, 0.29) is 17.3 Å². The number of sulfonamides is 1. The molecule has 168 valence electrons. The van der Waals surface area contributed by atoms with Crippen molar-refractivity contribution in [2.45, 2.75) is 18.7 Å². The first-order chi connectivity index (χ1) is 15.3. The van der Waals surface area contributed by atoms with Crippen LogP contribution in [0.1, 0.15) is 11.1 Å². The Morgan fingerprint density at radius 2 is 1.53 bits per heavy atom. The van der Waals surface area contributed by atoms with Gasteiger partial charge in [-0.1, -0.05) is 54.1 Å². The van der Waals surface area contributed by atoms with E-state index in [1.807, 2.05) is 68.3 Å². The van der Waals surface area contributed by atoms with E-state index >= 15 is 0 Å². The van der Waals surface area contributed by atoms with Crippen molar-refractivity contribution >= 4 is 27.3 Å². The quantitative estimate of drug-likeness (QED) is 0.538. The number of rotatable bonds is 9. The molecule has 3 aromatic rings. The number of nitrogens with one attached hydrogen (secondary N) is 1. The van der Waals surface area contributed by atoms with Crippen molar-refractivity contribution in [3.05, 3.63) is 90.0 Å². The van der Waals surface area contributed by atoms with E-state index in [9.17, 15) is 13.2 Å². The second-order valence-corrected chi connectivity index (χ2v) is 9.58. The maximum atomic E-state index is 13.4. The number of carbonyl (C=O) groups is 1. The van der Waals surface area contributed by atoms with E-state index in [0.717, 1.165) is 16.8 Å². The van der Waals surface area contributed by atoms with E-state index in [4.69, 9.17) is 0 Å². The molecule has 1 amide bonds. The summed E-state index contributed by atoms with van der Waals surface area (Å²) in [4.78, 5) is 14.9. The minimum absolute atomic E-state index is 0.150. The Bertz CT molecular complexity index is 1150. The molecule has 3 rings (SSSR count). The Kier molecular flexibility index (Phi) is 7.53. The maximum Gasteiger partial charge on any atom is 0.264 e. The number of nitrogens with zero attached hydrogens (tertiary/aromatic N) is 2. The van der Waals surface area contributed by atoms with Crippen LogP contribution in [-0.2, 0) is 14.8 Å². The number of carbonyl (C=O) groups excluding carboxylic acids is 1. The Morgan fingerprint density at radius 1 is 0.906 bits per heavy atom. The summed E-state index contributed by atoms with van der Waals surface area (Å²) >= 11 is 0. The molecule has 32 heavy (non-hydrogen) atoms. The Labute approximate surface area is 190 Å². The predicted molar refractivity (Wildman–Crippen MR) is 130 cm³/mol. The van der Waals surface area contributed by atoms with Crippen LogP contribution in [0.25, 0.3) is 0 Å². The molecule has 7 heteroatoms. The summed E-state index contributed by atoms with van der Waals surface area (Å²) < 4.78 is 28.0. The third kappa shape index (κ3) is 5.68. The second-order valence-electron chi connectivity index (χ2n) is 7.72. The van der Waals surface area contributed by atoms with Crippen LogP contribution < -0.4 is 14.5 Å². The fourth-order valence-corrected chi connectivity index (χ4v) is 4.97. The molecule has 0 saturated heterocycles. The third-order valence-corrected chi connectivity index (χ3v) is 6.98. The second kappa shape index (κ2) is 10.3. The number of para-hydroxylation sites is 1. The minimum atomic E-state index is -3.91. The lowest BCUT2D eigenvalue weighted by molar-refractivity contribution is -0.119. The molecule has 0 saturated carbocycles. The number of aryl methyl sites for hydroxylation is 2. The summed E-state index contributed by atoms with van der Waals surface area (Å²) in [6, 6.07) is 23.6. The summed E-state index contributed by atoms with van der Waals surface area (Å²) in [6.45, 7) is 4.50. The lowest BCUT2D eigenvalue weighted by Gasteiger charge is -2.26. The smallest absolute Gasteiger partial charge is 0.264 e. The Morgan fingerprint density at radius 3 is 2.16 bits per heavy atom. The molecule has 0 aliphatic carbocycles. The summed E-state index contributed by atoms with van der Waals surface area (Å²) in [7, 11) is -1.96. The summed E-state index contributed by atoms with van der Waals surface area (Å²) in [5.41, 5.74) is 3.36. The van der Waals surface area contributed by atoms with Crippen LogP contribution >= 0.6 is 0 Å². The van der Waals surface area contributed by atoms with Gasteiger partial charge in [0.15, 0.2) is 0 Å². The van der Waals surface area contributed by atoms with E-state index < -0.39 is 10.0 Å². The van der Waals surface area contributed by atoms with Crippen LogP contribution in [0.3, 0.4) is 0 Å². The van der Waals surface area contributed by atoms with Gasteiger partial charge >= 0.3 is 0 Å². The molecule has 0 radical (unpaired) electrons. The molecule has 0 heterocycles. The third-order valence-electron chi connectivity index (χ3n) is 5.21. The first-order valence-corrected chi connectivity index (χ1v) is 11.9. The standard InChI is InChI=1S/C25H29N3O3S/c1-20-14-15-24(21(2)18-20)28(32(30,31)23-12-8-5-9-13-23)19-25(29)26-16-17-27(3)22-10-6-4-7-11-22/h4-15,18H,16-17,19H2,1-3H3,(H,26,29). The van der Waals surface area contributed by atoms with Gasteiger partial charge in [-0.3, -0.25) is 9.10 Å². The molecule has 0 unspecified atom stereocenters. The molecule has 0 spiro atoms. The number of anilines is 2. The monoisotopic (exact) mass is 451 g/mol. The van der Waals surface area contributed by atoms with E-state index in [2.05, 4.69) is 5.32 Å². The number of amides is 1. The van der Waals surface area contributed by atoms with Crippen LogP contribution in [0.4, 0.5) is 11.4 Å². The average Bonchev–Trinajstić information content (AvgIpc) is 2.79. The summed E-state index contributed by atoms with van der Waals surface area (Å²) in [5.74, 6) is -0.356. The molecule has 3 aromatic carbocycles. The van der Waals surface area contributed by atoms with Gasteiger partial charge in [0.2, 0.25) is 5.91 Å². The first-order valence-electron chi connectivity index (χ1n) is 10.5. The van der Waals surface area contributed by atoms with Crippen molar-refractivity contribution in [2.24, 2.45) is 0 Å². The topological polar surface area (TPSA) is 69.7 Å². The molecule has 0 bridgehead atoms. The molecule has 0 aliphatic heterocycles. The number of hydrogen-bond donors (Lipinski definition) is 1. The van der Waals surface area contributed by atoms with Crippen LogP contribution in [0.15, 0.2) is 83.8 Å². The van der Waals surface area contributed by atoms with Crippen molar-refractivity contribution in [1.29, 1.82) is 0 Å². The summed E-state index contributed by atoms with van der Waals surface area (Å²) in [5, 5.41) is 2.85. The highest BCUT2D eigenvalue weighted by Crippen LogP contribution is 2.27. The molecular formula is C25H29N3O3S. The van der Waals surface area contributed by atoms with E-state index in [0.29, 0.717) is 18.8 Å². The fraction of sp³-hybridized carbons (Fsp3) is 0.240. The Hall–Kier alpha value is -3.32. The predicted octanol–water partition coefficient (Wildman–Crippen LogP) is 3.75. The van der Waals surface area contributed by atoms with Gasteiger partial charge in [0, 0.05) is 25.8 Å². The van der Waals surface area contributed by atoms with Gasteiger partial charge in [0.25, 0.3) is 10.0 Å². The molecule has 0 aliphatic rings. The van der Waals surface area contributed by atoms with Gasteiger partial charge in [-0.15, -0.1) is 0 Å². The Balaban J connectivity index is 1.76. The number of benzene rings is 3. The average molecular weight is 452 g/mol. The molecule has 0 aromatic heterocycles. The van der Waals surface area contributed by atoms with E-state index in [1.165, 1.54) is 4.31 Å². The highest BCUT2D eigenvalue weighted by atomic mass is 32.2. The zero-order valence-electron chi connectivity index (χ0n) is 18.7. The maximum absolute atomic E-state index is 13.4. The van der Waals surface area contributed by atoms with Gasteiger partial charge < -0.3 is 10.2 Å². The molecular weight excluding hydrogens is 422 g/mol. The largest absolute Gasteiger partial charge is 0.373 e. The van der Waals surface area contributed by atoms with Crippen molar-refractivity contribution in [3.8, 4) is 0 Å². The van der Waals surface area contributed by atoms with Gasteiger partial charge in [-0.05, 0) is 49.7 Å². The molecule has 6 nitrogen and oxygen atoms in total. The van der Waals surface area contributed by atoms with Crippen molar-refractivity contribution < 1.29 is 13.2 Å². The van der Waals surface area contributed by atoms with Crippen LogP contribution in [0.5, 0.6) is 0 Å². The lowest BCUT2D eigenvalue weighted by Crippen LogP contribution is -2.43. The van der Waals surface area contributed by atoms with Gasteiger partial charge in [-0.25, -0.2) is 8.42 Å². The van der Waals surface area contributed by atoms with Crippen molar-refractivity contribution in [1.82, 2.24) is 5.32 Å². The van der Waals surface area contributed by atoms with Crippen LogP contribution in [0.2, 0.25) is 0 Å². The zero-order chi connectivity index (χ0) is 23.1. The number of hydrogen-bond acceptors (Lipinski definition) is 4. The molecule has 0 atom stereocenters.